The molecule has 1 aliphatic rings. The van der Waals surface area contributed by atoms with E-state index in [-0.39, 0.29) is 24.0 Å². The first-order valence-corrected chi connectivity index (χ1v) is 7.04. The van der Waals surface area contributed by atoms with Gasteiger partial charge in [0.2, 0.25) is 5.96 Å². The van der Waals surface area contributed by atoms with Crippen molar-refractivity contribution in [1.29, 1.82) is 0 Å². The third-order valence-electron chi connectivity index (χ3n) is 3.31. The first-order chi connectivity index (χ1) is 10.1. The molecule has 1 aliphatic heterocycles. The Hall–Kier alpha value is -1.35. The van der Waals surface area contributed by atoms with Crippen LogP contribution >= 0.6 is 24.0 Å². The van der Waals surface area contributed by atoms with Gasteiger partial charge in [-0.05, 0) is 43.9 Å². The quantitative estimate of drug-likeness (QED) is 0.449. The van der Waals surface area contributed by atoms with Crippen molar-refractivity contribution in [2.45, 2.75) is 6.42 Å². The van der Waals surface area contributed by atoms with Crippen LogP contribution in [0.4, 0.5) is 0 Å². The van der Waals surface area contributed by atoms with Gasteiger partial charge in [-0.2, -0.15) is 5.10 Å². The van der Waals surface area contributed by atoms with Gasteiger partial charge in [-0.1, -0.05) is 0 Å². The number of benzene rings is 1. The molecule has 0 aliphatic carbocycles. The Bertz CT molecular complexity index is 527. The van der Waals surface area contributed by atoms with Crippen molar-refractivity contribution < 1.29 is 4.74 Å². The van der Waals surface area contributed by atoms with Gasteiger partial charge in [0.05, 0.1) is 25.9 Å². The highest BCUT2D eigenvalue weighted by Gasteiger charge is 2.18. The summed E-state index contributed by atoms with van der Waals surface area (Å²) in [4.78, 5) is 6.43. The first-order valence-electron chi connectivity index (χ1n) is 7.04. The maximum absolute atomic E-state index is 5.98. The Labute approximate surface area is 149 Å². The summed E-state index contributed by atoms with van der Waals surface area (Å²) in [5.74, 6) is 1.33. The van der Waals surface area contributed by atoms with Crippen LogP contribution in [0, 0.1) is 0 Å². The van der Waals surface area contributed by atoms with Crippen molar-refractivity contribution in [3.8, 4) is 5.75 Å². The fraction of sp³-hybridized carbons (Fsp3) is 0.467. The Kier molecular flexibility index (Phi) is 7.60. The lowest BCUT2D eigenvalue weighted by Gasteiger charge is -2.12. The molecule has 0 aromatic heterocycles. The minimum Gasteiger partial charge on any atom is -0.497 e. The fourth-order valence-electron chi connectivity index (χ4n) is 2.05. The summed E-state index contributed by atoms with van der Waals surface area (Å²) in [6.07, 6.45) is 0.871. The third kappa shape index (κ3) is 5.13. The van der Waals surface area contributed by atoms with Crippen LogP contribution < -0.4 is 10.5 Å². The summed E-state index contributed by atoms with van der Waals surface area (Å²) in [6, 6.07) is 7.91. The number of aliphatic imine (C=N–C) groups is 1. The monoisotopic (exact) mass is 417 g/mol. The van der Waals surface area contributed by atoms with Crippen LogP contribution in [-0.4, -0.2) is 62.4 Å². The lowest BCUT2D eigenvalue weighted by Crippen LogP contribution is -2.32. The molecule has 0 bridgehead atoms. The van der Waals surface area contributed by atoms with E-state index < -0.39 is 0 Å². The number of nitrogens with two attached hydrogens (primary N) is 1. The van der Waals surface area contributed by atoms with Crippen LogP contribution in [0.5, 0.6) is 5.75 Å². The molecule has 0 amide bonds. The molecule has 7 heteroatoms. The number of hydrogen-bond acceptors (Lipinski definition) is 4. The Morgan fingerprint density at radius 2 is 2.05 bits per heavy atom. The summed E-state index contributed by atoms with van der Waals surface area (Å²) < 4.78 is 5.16. The van der Waals surface area contributed by atoms with E-state index in [9.17, 15) is 0 Å². The van der Waals surface area contributed by atoms with E-state index >= 15 is 0 Å². The number of hydrogen-bond donors (Lipinski definition) is 1. The maximum atomic E-state index is 5.98. The standard InChI is InChI=1S/C15H23N5O.HI/c1-19(2)11-9-17-15(16)20-10-8-14(18-20)12-4-6-13(21-3)7-5-12;/h4-7H,8-11H2,1-3H3,(H2,16,17);1H. The molecule has 1 aromatic carbocycles. The van der Waals surface area contributed by atoms with E-state index in [0.717, 1.165) is 36.5 Å². The van der Waals surface area contributed by atoms with Crippen molar-refractivity contribution in [2.24, 2.45) is 15.8 Å². The van der Waals surface area contributed by atoms with Crippen LogP contribution in [0.3, 0.4) is 0 Å². The van der Waals surface area contributed by atoms with E-state index in [1.54, 1.807) is 12.1 Å². The van der Waals surface area contributed by atoms with Crippen molar-refractivity contribution >= 4 is 35.6 Å². The Morgan fingerprint density at radius 1 is 1.36 bits per heavy atom. The molecule has 22 heavy (non-hydrogen) atoms. The molecule has 2 rings (SSSR count). The van der Waals surface area contributed by atoms with Crippen LogP contribution in [0.2, 0.25) is 0 Å². The number of guanidine groups is 1. The van der Waals surface area contributed by atoms with Crippen LogP contribution in [0.25, 0.3) is 0 Å². The predicted molar refractivity (Wildman–Crippen MR) is 101 cm³/mol. The fourth-order valence-corrected chi connectivity index (χ4v) is 2.05. The summed E-state index contributed by atoms with van der Waals surface area (Å²) in [7, 11) is 5.69. The largest absolute Gasteiger partial charge is 0.497 e. The maximum Gasteiger partial charge on any atom is 0.212 e. The molecular weight excluding hydrogens is 393 g/mol. The summed E-state index contributed by atoms with van der Waals surface area (Å²) in [6.45, 7) is 2.34. The Balaban J connectivity index is 0.00000242. The zero-order chi connectivity index (χ0) is 15.2. The minimum atomic E-state index is 0. The number of likely N-dealkylation sites (N-methyl/N-ethyl adjacent to an activating group) is 1. The lowest BCUT2D eigenvalue weighted by atomic mass is 10.1. The van der Waals surface area contributed by atoms with Gasteiger partial charge in [-0.15, -0.1) is 24.0 Å². The third-order valence-corrected chi connectivity index (χ3v) is 3.31. The number of nitrogens with zero attached hydrogens (tertiary/aromatic N) is 4. The number of rotatable bonds is 5. The van der Waals surface area contributed by atoms with Gasteiger partial charge < -0.3 is 15.4 Å². The normalized spacial score (nSPS) is 14.8. The van der Waals surface area contributed by atoms with E-state index in [1.807, 2.05) is 38.4 Å². The summed E-state index contributed by atoms with van der Waals surface area (Å²) in [5.41, 5.74) is 8.11. The van der Waals surface area contributed by atoms with E-state index in [4.69, 9.17) is 10.5 Å². The highest BCUT2D eigenvalue weighted by molar-refractivity contribution is 14.0. The van der Waals surface area contributed by atoms with E-state index in [0.29, 0.717) is 12.5 Å². The molecule has 122 valence electrons. The first kappa shape index (κ1) is 18.7. The smallest absolute Gasteiger partial charge is 0.212 e. The van der Waals surface area contributed by atoms with Crippen molar-refractivity contribution in [3.63, 3.8) is 0 Å². The number of hydrazone groups is 1. The lowest BCUT2D eigenvalue weighted by molar-refractivity contribution is 0.415. The predicted octanol–water partition coefficient (Wildman–Crippen LogP) is 1.60. The second kappa shape index (κ2) is 8.94. The van der Waals surface area contributed by atoms with Gasteiger partial charge in [0.1, 0.15) is 5.75 Å². The molecule has 0 radical (unpaired) electrons. The van der Waals surface area contributed by atoms with Crippen LogP contribution in [0.1, 0.15) is 12.0 Å². The van der Waals surface area contributed by atoms with Crippen molar-refractivity contribution in [2.75, 3.05) is 40.8 Å². The minimum absolute atomic E-state index is 0. The molecule has 0 unspecified atom stereocenters. The average Bonchev–Trinajstić information content (AvgIpc) is 2.97. The highest BCUT2D eigenvalue weighted by atomic mass is 127. The summed E-state index contributed by atoms with van der Waals surface area (Å²) >= 11 is 0. The van der Waals surface area contributed by atoms with Crippen molar-refractivity contribution in [1.82, 2.24) is 9.91 Å². The summed E-state index contributed by atoms with van der Waals surface area (Å²) in [5, 5.41) is 6.32. The molecular formula is C15H24IN5O. The van der Waals surface area contributed by atoms with Gasteiger partial charge in [-0.25, -0.2) is 5.01 Å². The number of ether oxygens (including phenoxy) is 1. The van der Waals surface area contributed by atoms with Crippen LogP contribution in [0.15, 0.2) is 34.4 Å². The van der Waals surface area contributed by atoms with Gasteiger partial charge in [0.25, 0.3) is 0 Å². The topological polar surface area (TPSA) is 66.4 Å². The molecule has 0 spiro atoms. The molecule has 1 aromatic rings. The second-order valence-electron chi connectivity index (χ2n) is 5.19. The van der Waals surface area contributed by atoms with Gasteiger partial charge in [0.15, 0.2) is 0 Å². The highest BCUT2D eigenvalue weighted by Crippen LogP contribution is 2.17. The van der Waals surface area contributed by atoms with Gasteiger partial charge in [0, 0.05) is 13.0 Å². The molecule has 0 atom stereocenters. The Morgan fingerprint density at radius 3 is 2.64 bits per heavy atom. The molecule has 6 nitrogen and oxygen atoms in total. The molecule has 0 saturated heterocycles. The van der Waals surface area contributed by atoms with Crippen LogP contribution in [-0.2, 0) is 0 Å². The van der Waals surface area contributed by atoms with Crippen molar-refractivity contribution in [3.05, 3.63) is 29.8 Å². The number of halogens is 1. The van der Waals surface area contributed by atoms with Gasteiger partial charge >= 0.3 is 0 Å². The second-order valence-corrected chi connectivity index (χ2v) is 5.19. The molecule has 2 N–H and O–H groups in total. The molecule has 1 heterocycles. The SMILES string of the molecule is COc1ccc(C2=NN(C(N)=NCCN(C)C)CC2)cc1.I. The zero-order valence-corrected chi connectivity index (χ0v) is 15.7. The molecule has 0 saturated carbocycles. The molecule has 0 fully saturated rings. The number of methoxy groups -OCH3 is 1. The zero-order valence-electron chi connectivity index (χ0n) is 13.3. The average molecular weight is 417 g/mol. The van der Waals surface area contributed by atoms with E-state index in [1.165, 1.54) is 0 Å². The van der Waals surface area contributed by atoms with Gasteiger partial charge in [-0.3, -0.25) is 4.99 Å². The van der Waals surface area contributed by atoms with E-state index in [2.05, 4.69) is 15.0 Å².